The molecular weight excluding hydrogens is 291 g/mol. The Balaban J connectivity index is 2.08. The Labute approximate surface area is 108 Å². The van der Waals surface area contributed by atoms with E-state index in [2.05, 4.69) is 26.1 Å². The molecule has 1 fully saturated rings. The summed E-state index contributed by atoms with van der Waals surface area (Å²) in [5, 5.41) is 3.55. The number of hydrogen-bond donors (Lipinski definition) is 1. The molecule has 0 aliphatic carbocycles. The van der Waals surface area contributed by atoms with Gasteiger partial charge in [-0.2, -0.15) is 0 Å². The minimum atomic E-state index is 0.0809. The summed E-state index contributed by atoms with van der Waals surface area (Å²) >= 11 is 9.52. The van der Waals surface area contributed by atoms with E-state index in [0.717, 1.165) is 21.6 Å². The lowest BCUT2D eigenvalue weighted by atomic mass is 10.2. The van der Waals surface area contributed by atoms with Crippen LogP contribution >= 0.6 is 27.5 Å². The molecule has 1 heterocycles. The summed E-state index contributed by atoms with van der Waals surface area (Å²) < 4.78 is 1.01. The average molecular weight is 304 g/mol. The van der Waals surface area contributed by atoms with Crippen LogP contribution in [0.4, 0.5) is 0 Å². The van der Waals surface area contributed by atoms with Gasteiger partial charge in [0.25, 0.3) is 0 Å². The summed E-state index contributed by atoms with van der Waals surface area (Å²) in [5.74, 6) is 0.0809. The maximum atomic E-state index is 11.2. The van der Waals surface area contributed by atoms with E-state index in [-0.39, 0.29) is 5.91 Å². The van der Waals surface area contributed by atoms with E-state index in [9.17, 15) is 4.79 Å². The largest absolute Gasteiger partial charge is 0.354 e. The minimum Gasteiger partial charge on any atom is -0.354 e. The molecule has 0 saturated carbocycles. The molecule has 0 radical (unpaired) electrons. The molecule has 1 aromatic rings. The molecule has 16 heavy (non-hydrogen) atoms. The van der Waals surface area contributed by atoms with Crippen LogP contribution in [-0.4, -0.2) is 30.4 Å². The van der Waals surface area contributed by atoms with Crippen LogP contribution in [0.25, 0.3) is 0 Å². The molecule has 3 nitrogen and oxygen atoms in total. The second kappa shape index (κ2) is 5.17. The third-order valence-corrected chi connectivity index (χ3v) is 3.38. The molecule has 1 amide bonds. The summed E-state index contributed by atoms with van der Waals surface area (Å²) in [6.45, 7) is 2.74. The van der Waals surface area contributed by atoms with Gasteiger partial charge in [-0.05, 0) is 23.8 Å². The van der Waals surface area contributed by atoms with E-state index in [1.165, 1.54) is 0 Å². The van der Waals surface area contributed by atoms with Crippen LogP contribution in [0.2, 0.25) is 5.02 Å². The van der Waals surface area contributed by atoms with Crippen molar-refractivity contribution >= 4 is 33.4 Å². The van der Waals surface area contributed by atoms with E-state index in [0.29, 0.717) is 19.6 Å². The maximum Gasteiger partial charge on any atom is 0.234 e. The fourth-order valence-corrected chi connectivity index (χ4v) is 2.32. The summed E-state index contributed by atoms with van der Waals surface area (Å²) in [7, 11) is 0. The molecule has 0 atom stereocenters. The first-order chi connectivity index (χ1) is 7.65. The maximum absolute atomic E-state index is 11.2. The lowest BCUT2D eigenvalue weighted by molar-refractivity contribution is -0.124. The standard InChI is InChI=1S/C11H12BrClN2O/c12-9-1-2-10(13)8(5-9)6-15-4-3-14-11(16)7-15/h1-2,5H,3-4,6-7H2,(H,14,16). The number of halogens is 2. The molecule has 1 aliphatic rings. The Morgan fingerprint density at radius 1 is 1.50 bits per heavy atom. The topological polar surface area (TPSA) is 32.3 Å². The van der Waals surface area contributed by atoms with Crippen LogP contribution in [0.15, 0.2) is 22.7 Å². The highest BCUT2D eigenvalue weighted by Gasteiger charge is 2.16. The SMILES string of the molecule is O=C1CN(Cc2cc(Br)ccc2Cl)CCN1. The van der Waals surface area contributed by atoms with E-state index < -0.39 is 0 Å². The second-order valence-corrected chi connectivity index (χ2v) is 5.12. The third-order valence-electron chi connectivity index (χ3n) is 2.52. The average Bonchev–Trinajstić information content (AvgIpc) is 2.24. The van der Waals surface area contributed by atoms with Crippen LogP contribution in [0, 0.1) is 0 Å². The van der Waals surface area contributed by atoms with Crippen molar-refractivity contribution in [3.8, 4) is 0 Å². The Kier molecular flexibility index (Phi) is 3.84. The van der Waals surface area contributed by atoms with Crippen molar-refractivity contribution in [1.29, 1.82) is 0 Å². The highest BCUT2D eigenvalue weighted by Crippen LogP contribution is 2.22. The van der Waals surface area contributed by atoms with Gasteiger partial charge in [0.2, 0.25) is 5.91 Å². The van der Waals surface area contributed by atoms with Crippen LogP contribution in [-0.2, 0) is 11.3 Å². The molecule has 5 heteroatoms. The van der Waals surface area contributed by atoms with Gasteiger partial charge >= 0.3 is 0 Å². The van der Waals surface area contributed by atoms with E-state index in [4.69, 9.17) is 11.6 Å². The van der Waals surface area contributed by atoms with Gasteiger partial charge < -0.3 is 5.32 Å². The third kappa shape index (κ3) is 2.97. The number of nitrogens with one attached hydrogen (secondary N) is 1. The molecule has 1 aromatic carbocycles. The molecule has 0 aromatic heterocycles. The van der Waals surface area contributed by atoms with Gasteiger partial charge in [0.15, 0.2) is 0 Å². The zero-order valence-corrected chi connectivity index (χ0v) is 11.0. The van der Waals surface area contributed by atoms with Gasteiger partial charge in [0.05, 0.1) is 6.54 Å². The number of piperazine rings is 1. The number of nitrogens with zero attached hydrogens (tertiary/aromatic N) is 1. The molecular formula is C11H12BrClN2O. The summed E-state index contributed by atoms with van der Waals surface area (Å²) in [6.07, 6.45) is 0. The lowest BCUT2D eigenvalue weighted by Gasteiger charge is -2.26. The highest BCUT2D eigenvalue weighted by molar-refractivity contribution is 9.10. The van der Waals surface area contributed by atoms with E-state index >= 15 is 0 Å². The number of carbonyl (C=O) groups is 1. The van der Waals surface area contributed by atoms with Gasteiger partial charge in [-0.25, -0.2) is 0 Å². The summed E-state index contributed by atoms with van der Waals surface area (Å²) in [4.78, 5) is 13.3. The number of carbonyl (C=O) groups excluding carboxylic acids is 1. The molecule has 1 N–H and O–H groups in total. The summed E-state index contributed by atoms with van der Waals surface area (Å²) in [6, 6.07) is 5.77. The molecule has 86 valence electrons. The highest BCUT2D eigenvalue weighted by atomic mass is 79.9. The fraction of sp³-hybridized carbons (Fsp3) is 0.364. The zero-order valence-electron chi connectivity index (χ0n) is 8.67. The van der Waals surface area contributed by atoms with E-state index in [1.807, 2.05) is 18.2 Å². The van der Waals surface area contributed by atoms with Crippen molar-refractivity contribution in [3.05, 3.63) is 33.3 Å². The Bertz CT molecular complexity index is 411. The van der Waals surface area contributed by atoms with Crippen LogP contribution in [0.3, 0.4) is 0 Å². The monoisotopic (exact) mass is 302 g/mol. The summed E-state index contributed by atoms with van der Waals surface area (Å²) in [5.41, 5.74) is 1.05. The fourth-order valence-electron chi connectivity index (χ4n) is 1.73. The first kappa shape index (κ1) is 11.9. The Hall–Kier alpha value is -0.580. The first-order valence-electron chi connectivity index (χ1n) is 5.08. The van der Waals surface area contributed by atoms with Gasteiger partial charge in [-0.15, -0.1) is 0 Å². The number of amides is 1. The Morgan fingerprint density at radius 2 is 2.31 bits per heavy atom. The molecule has 1 saturated heterocycles. The quantitative estimate of drug-likeness (QED) is 0.907. The van der Waals surface area contributed by atoms with E-state index in [1.54, 1.807) is 0 Å². The minimum absolute atomic E-state index is 0.0809. The van der Waals surface area contributed by atoms with Gasteiger partial charge in [-0.3, -0.25) is 9.69 Å². The number of rotatable bonds is 2. The van der Waals surface area contributed by atoms with Gasteiger partial charge in [0, 0.05) is 29.1 Å². The predicted molar refractivity (Wildman–Crippen MR) is 67.4 cm³/mol. The number of benzene rings is 1. The number of hydrogen-bond acceptors (Lipinski definition) is 2. The smallest absolute Gasteiger partial charge is 0.234 e. The molecule has 1 aliphatic heterocycles. The Morgan fingerprint density at radius 3 is 3.06 bits per heavy atom. The van der Waals surface area contributed by atoms with Crippen molar-refractivity contribution in [1.82, 2.24) is 10.2 Å². The van der Waals surface area contributed by atoms with Crippen molar-refractivity contribution in [3.63, 3.8) is 0 Å². The second-order valence-electron chi connectivity index (χ2n) is 3.80. The predicted octanol–water partition coefficient (Wildman–Crippen LogP) is 2.03. The molecule has 0 unspecified atom stereocenters. The molecule has 0 spiro atoms. The van der Waals surface area contributed by atoms with Gasteiger partial charge in [0.1, 0.15) is 0 Å². The van der Waals surface area contributed by atoms with Crippen LogP contribution < -0.4 is 5.32 Å². The van der Waals surface area contributed by atoms with Gasteiger partial charge in [-0.1, -0.05) is 27.5 Å². The van der Waals surface area contributed by atoms with Crippen LogP contribution in [0.1, 0.15) is 5.56 Å². The van der Waals surface area contributed by atoms with Crippen LogP contribution in [0.5, 0.6) is 0 Å². The van der Waals surface area contributed by atoms with Crippen molar-refractivity contribution in [2.24, 2.45) is 0 Å². The van der Waals surface area contributed by atoms with Crippen molar-refractivity contribution < 1.29 is 4.79 Å². The molecule has 2 rings (SSSR count). The first-order valence-corrected chi connectivity index (χ1v) is 6.25. The normalized spacial score (nSPS) is 17.2. The lowest BCUT2D eigenvalue weighted by Crippen LogP contribution is -2.47. The van der Waals surface area contributed by atoms with Crippen molar-refractivity contribution in [2.45, 2.75) is 6.54 Å². The van der Waals surface area contributed by atoms with Crippen molar-refractivity contribution in [2.75, 3.05) is 19.6 Å². The molecule has 0 bridgehead atoms. The zero-order chi connectivity index (χ0) is 11.5.